The lowest BCUT2D eigenvalue weighted by atomic mass is 10.2. The van der Waals surface area contributed by atoms with Gasteiger partial charge in [-0.25, -0.2) is 4.79 Å². The number of aliphatic hydroxyl groups excluding tert-OH is 1. The van der Waals surface area contributed by atoms with Crippen LogP contribution >= 0.6 is 0 Å². The number of carboxylic acids is 1. The van der Waals surface area contributed by atoms with Gasteiger partial charge in [-0.2, -0.15) is 0 Å². The second-order valence-corrected chi connectivity index (χ2v) is 4.84. The first-order chi connectivity index (χ1) is 10.4. The maximum absolute atomic E-state index is 12.6. The number of hydrogen-bond donors (Lipinski definition) is 2. The molecule has 2 heterocycles. The van der Waals surface area contributed by atoms with Gasteiger partial charge in [-0.05, 0) is 13.3 Å². The van der Waals surface area contributed by atoms with E-state index in [1.54, 1.807) is 6.92 Å². The van der Waals surface area contributed by atoms with Crippen molar-refractivity contribution < 1.29 is 19.7 Å². The van der Waals surface area contributed by atoms with E-state index in [9.17, 15) is 14.4 Å². The molecule has 1 atom stereocenters. The predicted molar refractivity (Wildman–Crippen MR) is 77.9 cm³/mol. The Morgan fingerprint density at radius 2 is 2.05 bits per heavy atom. The normalized spacial score (nSPS) is 12.3. The Morgan fingerprint density at radius 3 is 2.59 bits per heavy atom. The Balaban J connectivity index is 2.85. The zero-order valence-electron chi connectivity index (χ0n) is 12.1. The molecule has 0 spiro atoms. The fourth-order valence-electron chi connectivity index (χ4n) is 2.28. The molecule has 0 bridgehead atoms. The number of rotatable bonds is 5. The number of carbonyl (C=O) groups is 1. The van der Waals surface area contributed by atoms with E-state index in [1.807, 2.05) is 0 Å². The molecule has 8 nitrogen and oxygen atoms in total. The van der Waals surface area contributed by atoms with Gasteiger partial charge in [0.25, 0.3) is 5.56 Å². The molecule has 0 saturated carbocycles. The molecule has 0 unspecified atom stereocenters. The summed E-state index contributed by atoms with van der Waals surface area (Å²) in [5.74, 6) is -1.70. The summed E-state index contributed by atoms with van der Waals surface area (Å²) in [6.45, 7) is 1.67. The summed E-state index contributed by atoms with van der Waals surface area (Å²) in [7, 11) is 1.20. The number of hydrogen-bond acceptors (Lipinski definition) is 5. The smallest absolute Gasteiger partial charge is 0.341 e. The molecule has 8 heteroatoms. The molecule has 0 radical (unpaired) electrons. The fourth-order valence-corrected chi connectivity index (χ4v) is 2.28. The van der Waals surface area contributed by atoms with Crippen molar-refractivity contribution in [2.75, 3.05) is 13.7 Å². The van der Waals surface area contributed by atoms with E-state index in [-0.39, 0.29) is 23.9 Å². The number of aliphatic hydroxyl groups is 1. The summed E-state index contributed by atoms with van der Waals surface area (Å²) >= 11 is 0. The van der Waals surface area contributed by atoms with Crippen LogP contribution in [0.3, 0.4) is 0 Å². The van der Waals surface area contributed by atoms with Gasteiger partial charge in [-0.15, -0.1) is 0 Å². The van der Waals surface area contributed by atoms with Crippen LogP contribution < -0.4 is 15.7 Å². The fraction of sp³-hybridized carbons (Fsp3) is 0.357. The zero-order valence-corrected chi connectivity index (χ0v) is 12.1. The highest BCUT2D eigenvalue weighted by Crippen LogP contribution is 2.14. The Kier molecular flexibility index (Phi) is 4.32. The van der Waals surface area contributed by atoms with Gasteiger partial charge < -0.3 is 23.9 Å². The summed E-state index contributed by atoms with van der Waals surface area (Å²) in [5, 5.41) is 18.0. The molecule has 0 aliphatic carbocycles. The molecule has 0 aromatic carbocycles. The van der Waals surface area contributed by atoms with E-state index in [0.717, 1.165) is 6.20 Å². The summed E-state index contributed by atoms with van der Waals surface area (Å²) in [6.07, 6.45) is 4.41. The first kappa shape index (κ1) is 15.8. The van der Waals surface area contributed by atoms with Gasteiger partial charge in [-0.1, -0.05) is 0 Å². The number of ether oxygens (including phenoxy) is 1. The third kappa shape index (κ3) is 2.48. The quantitative estimate of drug-likeness (QED) is 0.811. The third-order valence-electron chi connectivity index (χ3n) is 3.47. The molecular formula is C14H16N2O6. The van der Waals surface area contributed by atoms with E-state index < -0.39 is 22.5 Å². The van der Waals surface area contributed by atoms with Gasteiger partial charge >= 0.3 is 5.97 Å². The molecule has 118 valence electrons. The lowest BCUT2D eigenvalue weighted by molar-refractivity contribution is 0.0694. The van der Waals surface area contributed by atoms with Gasteiger partial charge in [0.1, 0.15) is 5.56 Å². The van der Waals surface area contributed by atoms with Crippen molar-refractivity contribution in [1.82, 2.24) is 8.97 Å². The van der Waals surface area contributed by atoms with Crippen LogP contribution in [0.5, 0.6) is 5.75 Å². The molecule has 2 N–H and O–H groups in total. The first-order valence-corrected chi connectivity index (χ1v) is 6.60. The Morgan fingerprint density at radius 1 is 1.36 bits per heavy atom. The molecule has 0 saturated heterocycles. The minimum atomic E-state index is -1.39. The monoisotopic (exact) mass is 308 g/mol. The largest absolute Gasteiger partial charge is 0.491 e. The van der Waals surface area contributed by atoms with Crippen molar-refractivity contribution in [1.29, 1.82) is 0 Å². The molecule has 0 amide bonds. The van der Waals surface area contributed by atoms with Crippen molar-refractivity contribution >= 4 is 11.5 Å². The Labute approximate surface area is 124 Å². The van der Waals surface area contributed by atoms with Gasteiger partial charge in [-0.3, -0.25) is 9.59 Å². The van der Waals surface area contributed by atoms with Gasteiger partial charge in [0.2, 0.25) is 5.43 Å². The first-order valence-electron chi connectivity index (χ1n) is 6.60. The maximum Gasteiger partial charge on any atom is 0.341 e. The highest BCUT2D eigenvalue weighted by Gasteiger charge is 2.20. The summed E-state index contributed by atoms with van der Waals surface area (Å²) < 4.78 is 7.59. The van der Waals surface area contributed by atoms with E-state index in [2.05, 4.69) is 0 Å². The lowest BCUT2D eigenvalue weighted by Crippen LogP contribution is -2.29. The highest BCUT2D eigenvalue weighted by atomic mass is 16.5. The van der Waals surface area contributed by atoms with E-state index in [0.29, 0.717) is 6.42 Å². The standard InChI is InChI=1S/C14H16N2O6/c1-8(3-6-17)16-5-4-15-7-9(14(20)21)11(18)12(22-2)10(15)13(16)19/h4-5,7-8,17H,3,6H2,1-2H3,(H,20,21)/t8-/m1/s1. The molecule has 2 aromatic heterocycles. The molecule has 0 aliphatic rings. The topological polar surface area (TPSA) is 110 Å². The van der Waals surface area contributed by atoms with Crippen molar-refractivity contribution in [3.8, 4) is 5.75 Å². The summed E-state index contributed by atoms with van der Waals surface area (Å²) in [4.78, 5) is 35.8. The number of nitrogens with zero attached hydrogens (tertiary/aromatic N) is 2. The third-order valence-corrected chi connectivity index (χ3v) is 3.47. The van der Waals surface area contributed by atoms with Gasteiger partial charge in [0, 0.05) is 31.2 Å². The molecule has 2 aromatic rings. The summed E-state index contributed by atoms with van der Waals surface area (Å²) in [6, 6.07) is -0.276. The van der Waals surface area contributed by atoms with Gasteiger partial charge in [0.15, 0.2) is 11.3 Å². The van der Waals surface area contributed by atoms with Crippen LogP contribution in [0.15, 0.2) is 28.2 Å². The number of carboxylic acid groups (broad SMARTS) is 1. The second-order valence-electron chi connectivity index (χ2n) is 4.84. The number of aromatic nitrogens is 2. The summed E-state index contributed by atoms with van der Waals surface area (Å²) in [5.41, 5.74) is -1.85. The maximum atomic E-state index is 12.6. The van der Waals surface area contributed by atoms with Gasteiger partial charge in [0.05, 0.1) is 7.11 Å². The molecular weight excluding hydrogens is 292 g/mol. The van der Waals surface area contributed by atoms with Crippen LogP contribution in [-0.2, 0) is 0 Å². The van der Waals surface area contributed by atoms with Crippen molar-refractivity contribution in [2.24, 2.45) is 0 Å². The molecule has 0 aliphatic heterocycles. The SMILES string of the molecule is COc1c(=O)c(C(=O)O)cn2ccn([C@H](C)CCO)c(=O)c12. The van der Waals surface area contributed by atoms with Crippen LogP contribution in [0.2, 0.25) is 0 Å². The molecule has 2 rings (SSSR count). The average molecular weight is 308 g/mol. The second kappa shape index (κ2) is 6.02. The van der Waals surface area contributed by atoms with E-state index in [1.165, 1.54) is 28.5 Å². The van der Waals surface area contributed by atoms with E-state index >= 15 is 0 Å². The van der Waals surface area contributed by atoms with Crippen LogP contribution in [0, 0.1) is 0 Å². The number of methoxy groups -OCH3 is 1. The van der Waals surface area contributed by atoms with Crippen molar-refractivity contribution in [3.63, 3.8) is 0 Å². The van der Waals surface area contributed by atoms with Crippen LogP contribution in [0.1, 0.15) is 29.7 Å². The van der Waals surface area contributed by atoms with Crippen molar-refractivity contribution in [3.05, 3.63) is 44.7 Å². The van der Waals surface area contributed by atoms with Crippen LogP contribution in [0.4, 0.5) is 0 Å². The minimum absolute atomic E-state index is 0.0372. The van der Waals surface area contributed by atoms with Crippen LogP contribution in [-0.4, -0.2) is 38.9 Å². The Bertz CT molecular complexity index is 836. The number of aromatic carboxylic acids is 1. The van der Waals surface area contributed by atoms with Crippen molar-refractivity contribution in [2.45, 2.75) is 19.4 Å². The van der Waals surface area contributed by atoms with Crippen LogP contribution in [0.25, 0.3) is 5.52 Å². The Hall–Kier alpha value is -2.61. The number of pyridine rings is 1. The highest BCUT2D eigenvalue weighted by molar-refractivity contribution is 5.88. The lowest BCUT2D eigenvalue weighted by Gasteiger charge is -2.16. The molecule has 22 heavy (non-hydrogen) atoms. The minimum Gasteiger partial charge on any atom is -0.491 e. The molecule has 0 fully saturated rings. The van der Waals surface area contributed by atoms with E-state index in [4.69, 9.17) is 14.9 Å². The number of fused-ring (bicyclic) bond motifs is 1. The average Bonchev–Trinajstić information content (AvgIpc) is 2.47. The zero-order chi connectivity index (χ0) is 16.4. The predicted octanol–water partition coefficient (Wildman–Crippen LogP) is 0.111.